The summed E-state index contributed by atoms with van der Waals surface area (Å²) in [7, 11) is 0. The lowest BCUT2D eigenvalue weighted by atomic mass is 10.00. The molecular formula is C21H18F4N6O2. The fraction of sp³-hybridized carbons (Fsp3) is 0.286. The number of benzene rings is 1. The van der Waals surface area contributed by atoms with Crippen molar-refractivity contribution >= 4 is 11.5 Å². The van der Waals surface area contributed by atoms with Crippen molar-refractivity contribution in [1.29, 1.82) is 0 Å². The minimum Gasteiger partial charge on any atom is -0.467 e. The van der Waals surface area contributed by atoms with Crippen LogP contribution >= 0.6 is 0 Å². The van der Waals surface area contributed by atoms with Gasteiger partial charge in [-0.05, 0) is 35.8 Å². The van der Waals surface area contributed by atoms with E-state index in [2.05, 4.69) is 24.9 Å². The molecule has 8 nitrogen and oxygen atoms in total. The Morgan fingerprint density at radius 3 is 2.45 bits per heavy atom. The standard InChI is InChI=1S/C21H18F4N6O2/c22-16-3-1-14(2-4-16)15-7-9-30(10-8-15)19-26-13-31(20(32)27-19)11-17-5-6-18(29-28-17)33-12-21(23,24)25/h1-7,13H,8-12H2. The third-order valence-electron chi connectivity index (χ3n) is 4.87. The molecule has 12 heteroatoms. The highest BCUT2D eigenvalue weighted by molar-refractivity contribution is 5.68. The molecule has 172 valence electrons. The van der Waals surface area contributed by atoms with E-state index in [-0.39, 0.29) is 24.2 Å². The maximum Gasteiger partial charge on any atom is 0.422 e. The van der Waals surface area contributed by atoms with Crippen LogP contribution in [0, 0.1) is 5.82 Å². The van der Waals surface area contributed by atoms with Gasteiger partial charge in [0.05, 0.1) is 12.2 Å². The number of halogens is 4. The monoisotopic (exact) mass is 462 g/mol. The van der Waals surface area contributed by atoms with Gasteiger partial charge in [0.25, 0.3) is 0 Å². The van der Waals surface area contributed by atoms with Gasteiger partial charge in [0, 0.05) is 19.2 Å². The van der Waals surface area contributed by atoms with Crippen molar-refractivity contribution in [3.63, 3.8) is 0 Å². The van der Waals surface area contributed by atoms with E-state index in [0.29, 0.717) is 25.2 Å². The predicted molar refractivity (Wildman–Crippen MR) is 110 cm³/mol. The first-order valence-corrected chi connectivity index (χ1v) is 9.92. The minimum atomic E-state index is -4.47. The average Bonchev–Trinajstić information content (AvgIpc) is 2.80. The molecule has 0 N–H and O–H groups in total. The van der Waals surface area contributed by atoms with E-state index in [4.69, 9.17) is 0 Å². The normalized spacial score (nSPS) is 14.2. The molecule has 33 heavy (non-hydrogen) atoms. The Labute approximate surface area is 185 Å². The van der Waals surface area contributed by atoms with Crippen LogP contribution in [-0.4, -0.2) is 50.6 Å². The lowest BCUT2D eigenvalue weighted by molar-refractivity contribution is -0.154. The van der Waals surface area contributed by atoms with Gasteiger partial charge in [-0.1, -0.05) is 18.2 Å². The molecule has 0 spiro atoms. The van der Waals surface area contributed by atoms with Crippen LogP contribution in [0.3, 0.4) is 0 Å². The molecule has 0 atom stereocenters. The third kappa shape index (κ3) is 5.90. The summed E-state index contributed by atoms with van der Waals surface area (Å²) in [6.45, 7) is -0.369. The summed E-state index contributed by atoms with van der Waals surface area (Å²) in [6.07, 6.45) is -0.459. The fourth-order valence-electron chi connectivity index (χ4n) is 3.23. The lowest BCUT2D eigenvalue weighted by Crippen LogP contribution is -2.34. The largest absolute Gasteiger partial charge is 0.467 e. The lowest BCUT2D eigenvalue weighted by Gasteiger charge is -2.26. The van der Waals surface area contributed by atoms with Gasteiger partial charge in [-0.3, -0.25) is 4.57 Å². The SMILES string of the molecule is O=c1nc(N2CC=C(c3ccc(F)cc3)CC2)ncn1Cc1ccc(OCC(F)(F)F)nn1. The molecule has 0 radical (unpaired) electrons. The molecule has 0 unspecified atom stereocenters. The molecule has 1 aromatic carbocycles. The summed E-state index contributed by atoms with van der Waals surface area (Å²) in [5.41, 5.74) is 1.81. The highest BCUT2D eigenvalue weighted by Gasteiger charge is 2.28. The maximum atomic E-state index is 13.1. The predicted octanol–water partition coefficient (Wildman–Crippen LogP) is 2.85. The molecule has 1 aliphatic rings. The van der Waals surface area contributed by atoms with Crippen LogP contribution in [0.25, 0.3) is 5.57 Å². The number of hydrogen-bond donors (Lipinski definition) is 0. The van der Waals surface area contributed by atoms with Crippen molar-refractivity contribution in [1.82, 2.24) is 24.7 Å². The zero-order valence-corrected chi connectivity index (χ0v) is 17.2. The summed E-state index contributed by atoms with van der Waals surface area (Å²) < 4.78 is 55.4. The van der Waals surface area contributed by atoms with Gasteiger partial charge in [0.1, 0.15) is 12.1 Å². The zero-order chi connectivity index (χ0) is 23.4. The third-order valence-corrected chi connectivity index (χ3v) is 4.87. The van der Waals surface area contributed by atoms with Crippen LogP contribution in [0.2, 0.25) is 0 Å². The van der Waals surface area contributed by atoms with Gasteiger partial charge >= 0.3 is 11.9 Å². The molecule has 1 aliphatic heterocycles. The van der Waals surface area contributed by atoms with Gasteiger partial charge in [0.2, 0.25) is 11.8 Å². The van der Waals surface area contributed by atoms with Crippen LogP contribution in [0.1, 0.15) is 17.7 Å². The number of ether oxygens (including phenoxy) is 1. The summed E-state index contributed by atoms with van der Waals surface area (Å²) >= 11 is 0. The fourth-order valence-corrected chi connectivity index (χ4v) is 3.23. The second-order valence-corrected chi connectivity index (χ2v) is 7.27. The molecule has 0 bridgehead atoms. The molecule has 2 aromatic heterocycles. The Kier molecular flexibility index (Phi) is 6.33. The van der Waals surface area contributed by atoms with Crippen LogP contribution in [0.15, 0.2) is 53.6 Å². The number of nitrogens with zero attached hydrogens (tertiary/aromatic N) is 6. The van der Waals surface area contributed by atoms with E-state index in [9.17, 15) is 22.4 Å². The molecule has 0 saturated heterocycles. The van der Waals surface area contributed by atoms with Crippen molar-refractivity contribution in [3.05, 3.63) is 76.4 Å². The molecule has 0 saturated carbocycles. The van der Waals surface area contributed by atoms with E-state index >= 15 is 0 Å². The highest BCUT2D eigenvalue weighted by atomic mass is 19.4. The summed E-state index contributed by atoms with van der Waals surface area (Å²) in [6, 6.07) is 8.94. The molecular weight excluding hydrogens is 444 g/mol. The molecule has 4 rings (SSSR count). The van der Waals surface area contributed by atoms with Gasteiger partial charge in [-0.25, -0.2) is 14.2 Å². The molecule has 3 aromatic rings. The smallest absolute Gasteiger partial charge is 0.422 e. The van der Waals surface area contributed by atoms with Crippen molar-refractivity contribution in [2.75, 3.05) is 24.6 Å². The van der Waals surface area contributed by atoms with Crippen LogP contribution in [0.5, 0.6) is 5.88 Å². The Morgan fingerprint density at radius 1 is 1.06 bits per heavy atom. The minimum absolute atomic E-state index is 0.000280. The van der Waals surface area contributed by atoms with Crippen molar-refractivity contribution < 1.29 is 22.3 Å². The number of alkyl halides is 3. The molecule has 0 amide bonds. The van der Waals surface area contributed by atoms with E-state index in [1.165, 1.54) is 35.2 Å². The Hall–Kier alpha value is -3.83. The highest BCUT2D eigenvalue weighted by Crippen LogP contribution is 2.24. The van der Waals surface area contributed by atoms with E-state index in [1.807, 2.05) is 11.0 Å². The van der Waals surface area contributed by atoms with Gasteiger partial charge in [-0.15, -0.1) is 10.2 Å². The topological polar surface area (TPSA) is 86.0 Å². The second-order valence-electron chi connectivity index (χ2n) is 7.27. The number of anilines is 1. The summed E-state index contributed by atoms with van der Waals surface area (Å²) in [5, 5.41) is 7.34. The molecule has 3 heterocycles. The van der Waals surface area contributed by atoms with Crippen LogP contribution < -0.4 is 15.3 Å². The first-order valence-electron chi connectivity index (χ1n) is 9.92. The summed E-state index contributed by atoms with van der Waals surface area (Å²) in [5.74, 6) is -0.275. The quantitative estimate of drug-likeness (QED) is 0.521. The maximum absolute atomic E-state index is 13.1. The van der Waals surface area contributed by atoms with Crippen molar-refractivity contribution in [3.8, 4) is 5.88 Å². The molecule has 0 aliphatic carbocycles. The van der Waals surface area contributed by atoms with Gasteiger partial charge in [0.15, 0.2) is 6.61 Å². The zero-order valence-electron chi connectivity index (χ0n) is 17.2. The van der Waals surface area contributed by atoms with Crippen molar-refractivity contribution in [2.24, 2.45) is 0 Å². The first-order chi connectivity index (χ1) is 15.8. The Morgan fingerprint density at radius 2 is 1.85 bits per heavy atom. The van der Waals surface area contributed by atoms with Crippen molar-refractivity contribution in [2.45, 2.75) is 19.1 Å². The van der Waals surface area contributed by atoms with E-state index < -0.39 is 18.5 Å². The van der Waals surface area contributed by atoms with Gasteiger partial charge in [-0.2, -0.15) is 18.2 Å². The van der Waals surface area contributed by atoms with Crippen LogP contribution in [-0.2, 0) is 6.54 Å². The number of rotatable bonds is 6. The Balaban J connectivity index is 1.38. The summed E-state index contributed by atoms with van der Waals surface area (Å²) in [4.78, 5) is 22.5. The molecule has 0 fully saturated rings. The number of aromatic nitrogens is 5. The first kappa shape index (κ1) is 22.4. The van der Waals surface area contributed by atoms with E-state index in [1.54, 1.807) is 12.1 Å². The van der Waals surface area contributed by atoms with Crippen LogP contribution in [0.4, 0.5) is 23.5 Å². The van der Waals surface area contributed by atoms with E-state index in [0.717, 1.165) is 11.1 Å². The average molecular weight is 462 g/mol. The number of hydrogen-bond acceptors (Lipinski definition) is 7. The Bertz CT molecular complexity index is 1190. The second kappa shape index (κ2) is 9.35. The van der Waals surface area contributed by atoms with Gasteiger partial charge < -0.3 is 9.64 Å².